The molecule has 12 heteroatoms. The molecule has 3 aromatic carbocycles. The van der Waals surface area contributed by atoms with Crippen molar-refractivity contribution in [1.29, 1.82) is 0 Å². The molecule has 222 valence electrons. The Labute approximate surface area is 262 Å². The number of fused-ring (bicyclic) bond motifs is 1. The fourth-order valence-electron chi connectivity index (χ4n) is 3.97. The molecule has 0 aliphatic rings. The van der Waals surface area contributed by atoms with E-state index in [2.05, 4.69) is 9.72 Å². The molecule has 0 spiro atoms. The predicted molar refractivity (Wildman–Crippen MR) is 163 cm³/mol. The maximum Gasteiger partial charge on any atom is 0.305 e. The molecule has 4 aromatic rings. The van der Waals surface area contributed by atoms with Gasteiger partial charge in [-0.2, -0.15) is 0 Å². The van der Waals surface area contributed by atoms with Crippen LogP contribution < -0.4 is 9.47 Å². The van der Waals surface area contributed by atoms with E-state index in [9.17, 15) is 9.59 Å². The summed E-state index contributed by atoms with van der Waals surface area (Å²) in [5, 5.41) is 1.33. The van der Waals surface area contributed by atoms with Gasteiger partial charge in [0, 0.05) is 30.6 Å². The van der Waals surface area contributed by atoms with Crippen LogP contribution in [0, 0.1) is 0 Å². The Balaban J connectivity index is 1.21. The highest BCUT2D eigenvalue weighted by Gasteiger charge is 2.16. The van der Waals surface area contributed by atoms with Crippen molar-refractivity contribution < 1.29 is 33.0 Å². The SMILES string of the molecule is COC(=O)CCc1cc(Cl)c(OCCOCCCOc2c(Cl)cc(-c3nc4ccc(C(C)=O)cc4o3)cc2Cl)c(Cl)c1. The van der Waals surface area contributed by atoms with Gasteiger partial charge in [-0.1, -0.05) is 46.4 Å². The topological polar surface area (TPSA) is 97.1 Å². The zero-order chi connectivity index (χ0) is 30.2. The average molecular weight is 655 g/mol. The molecule has 1 aromatic heterocycles. The van der Waals surface area contributed by atoms with E-state index in [0.29, 0.717) is 92.4 Å². The Bertz CT molecular complexity index is 1540. The molecule has 0 bridgehead atoms. The van der Waals surface area contributed by atoms with Crippen LogP contribution in [0.15, 0.2) is 46.9 Å². The first kappa shape index (κ1) is 31.9. The molecule has 0 saturated heterocycles. The summed E-state index contributed by atoms with van der Waals surface area (Å²) in [5.41, 5.74) is 3.04. The Morgan fingerprint density at radius 2 is 1.48 bits per heavy atom. The number of ketones is 1. The molecule has 0 radical (unpaired) electrons. The van der Waals surface area contributed by atoms with Gasteiger partial charge in [-0.15, -0.1) is 0 Å². The average Bonchev–Trinajstić information content (AvgIpc) is 3.39. The van der Waals surface area contributed by atoms with Crippen molar-refractivity contribution in [1.82, 2.24) is 4.98 Å². The molecule has 0 atom stereocenters. The largest absolute Gasteiger partial charge is 0.490 e. The number of carbonyl (C=O) groups is 2. The number of carbonyl (C=O) groups excluding carboxylic acids is 2. The first-order chi connectivity index (χ1) is 20.2. The lowest BCUT2D eigenvalue weighted by Gasteiger charge is -2.13. The second kappa shape index (κ2) is 14.9. The number of esters is 1. The van der Waals surface area contributed by atoms with Gasteiger partial charge in [0.1, 0.15) is 12.1 Å². The van der Waals surface area contributed by atoms with Crippen LogP contribution in [0.4, 0.5) is 0 Å². The van der Waals surface area contributed by atoms with Crippen LogP contribution in [0.2, 0.25) is 20.1 Å². The summed E-state index contributed by atoms with van der Waals surface area (Å²) in [6.07, 6.45) is 1.27. The van der Waals surface area contributed by atoms with Crippen LogP contribution in [-0.4, -0.2) is 50.3 Å². The van der Waals surface area contributed by atoms with E-state index >= 15 is 0 Å². The van der Waals surface area contributed by atoms with Crippen molar-refractivity contribution >= 4 is 69.3 Å². The summed E-state index contributed by atoms with van der Waals surface area (Å²) < 4.78 is 27.6. The molecular weight excluding hydrogens is 628 g/mol. The van der Waals surface area contributed by atoms with Crippen molar-refractivity contribution in [3.63, 3.8) is 0 Å². The summed E-state index contributed by atoms with van der Waals surface area (Å²) in [6.45, 7) is 2.78. The monoisotopic (exact) mass is 653 g/mol. The summed E-state index contributed by atoms with van der Waals surface area (Å²) in [7, 11) is 1.34. The Morgan fingerprint density at radius 1 is 0.833 bits per heavy atom. The molecule has 0 saturated carbocycles. The molecule has 42 heavy (non-hydrogen) atoms. The van der Waals surface area contributed by atoms with Gasteiger partial charge in [-0.05, 0) is 61.4 Å². The lowest BCUT2D eigenvalue weighted by Crippen LogP contribution is -2.10. The number of hydrogen-bond donors (Lipinski definition) is 0. The summed E-state index contributed by atoms with van der Waals surface area (Å²) >= 11 is 25.5. The number of methoxy groups -OCH3 is 1. The van der Waals surface area contributed by atoms with Crippen molar-refractivity contribution in [3.05, 3.63) is 73.7 Å². The maximum atomic E-state index is 11.6. The van der Waals surface area contributed by atoms with Crippen LogP contribution in [0.1, 0.15) is 35.7 Å². The number of aromatic nitrogens is 1. The van der Waals surface area contributed by atoms with Gasteiger partial charge < -0.3 is 23.4 Å². The number of aryl methyl sites for hydroxylation is 1. The van der Waals surface area contributed by atoms with E-state index in [1.807, 2.05) is 0 Å². The molecule has 0 aliphatic heterocycles. The molecule has 4 rings (SSSR count). The second-order valence-corrected chi connectivity index (χ2v) is 10.8. The zero-order valence-corrected chi connectivity index (χ0v) is 25.8. The highest BCUT2D eigenvalue weighted by atomic mass is 35.5. The number of benzene rings is 3. The standard InChI is InChI=1S/C30H27Cl4NO7/c1-17(36)19-5-6-25-26(16-19)42-30(35-25)20-14-23(33)29(24(34)15-20)40-9-3-8-39-10-11-41-28-21(31)12-18(13-22(28)32)4-7-27(37)38-2/h5-6,12-16H,3-4,7-11H2,1-2H3. The molecule has 8 nitrogen and oxygen atoms in total. The van der Waals surface area contributed by atoms with Gasteiger partial charge in [-0.3, -0.25) is 9.59 Å². The van der Waals surface area contributed by atoms with Crippen LogP contribution in [-0.2, 0) is 20.7 Å². The Kier molecular flexibility index (Phi) is 11.4. The minimum absolute atomic E-state index is 0.0624. The summed E-state index contributed by atoms with van der Waals surface area (Å²) in [4.78, 5) is 27.5. The van der Waals surface area contributed by atoms with E-state index in [1.54, 1.807) is 42.5 Å². The number of halogens is 4. The van der Waals surface area contributed by atoms with Gasteiger partial charge >= 0.3 is 5.97 Å². The van der Waals surface area contributed by atoms with Gasteiger partial charge in [0.15, 0.2) is 22.9 Å². The van der Waals surface area contributed by atoms with Crippen molar-refractivity contribution in [2.45, 2.75) is 26.2 Å². The fraction of sp³-hybridized carbons (Fsp3) is 0.300. The van der Waals surface area contributed by atoms with Crippen LogP contribution in [0.5, 0.6) is 11.5 Å². The van der Waals surface area contributed by atoms with Crippen LogP contribution >= 0.6 is 46.4 Å². The lowest BCUT2D eigenvalue weighted by atomic mass is 10.1. The molecular formula is C30H27Cl4NO7. The van der Waals surface area contributed by atoms with E-state index in [-0.39, 0.29) is 24.8 Å². The van der Waals surface area contributed by atoms with E-state index in [4.69, 9.17) is 65.0 Å². The number of hydrogen-bond acceptors (Lipinski definition) is 8. The minimum atomic E-state index is -0.308. The normalized spacial score (nSPS) is 11.1. The highest BCUT2D eigenvalue weighted by Crippen LogP contribution is 2.38. The van der Waals surface area contributed by atoms with E-state index < -0.39 is 0 Å². The summed E-state index contributed by atoms with van der Waals surface area (Å²) in [5.74, 6) is 0.664. The first-order valence-electron chi connectivity index (χ1n) is 12.9. The second-order valence-electron chi connectivity index (χ2n) is 9.15. The quantitative estimate of drug-likeness (QED) is 0.0761. The number of nitrogens with zero attached hydrogens (tertiary/aromatic N) is 1. The van der Waals surface area contributed by atoms with Gasteiger partial charge in [-0.25, -0.2) is 4.98 Å². The van der Waals surface area contributed by atoms with E-state index in [0.717, 1.165) is 5.56 Å². The smallest absolute Gasteiger partial charge is 0.305 e. The number of ether oxygens (including phenoxy) is 4. The lowest BCUT2D eigenvalue weighted by molar-refractivity contribution is -0.140. The number of Topliss-reactive ketones (excluding diaryl/α,β-unsaturated/α-hetero) is 1. The van der Waals surface area contributed by atoms with Crippen LogP contribution in [0.25, 0.3) is 22.6 Å². The first-order valence-corrected chi connectivity index (χ1v) is 14.5. The molecule has 0 N–H and O–H groups in total. The van der Waals surface area contributed by atoms with Gasteiger partial charge in [0.05, 0.1) is 40.4 Å². The number of rotatable bonds is 14. The van der Waals surface area contributed by atoms with Gasteiger partial charge in [0.25, 0.3) is 0 Å². The number of oxazole rings is 1. The fourth-order valence-corrected chi connectivity index (χ4v) is 5.21. The van der Waals surface area contributed by atoms with Crippen molar-refractivity contribution in [3.8, 4) is 23.0 Å². The molecule has 1 heterocycles. The minimum Gasteiger partial charge on any atom is -0.490 e. The maximum absolute atomic E-state index is 11.6. The predicted octanol–water partition coefficient (Wildman–Crippen LogP) is 8.28. The third kappa shape index (κ3) is 8.30. The van der Waals surface area contributed by atoms with Crippen molar-refractivity contribution in [2.24, 2.45) is 0 Å². The van der Waals surface area contributed by atoms with E-state index in [1.165, 1.54) is 14.0 Å². The third-order valence-corrected chi connectivity index (χ3v) is 7.22. The van der Waals surface area contributed by atoms with Crippen molar-refractivity contribution in [2.75, 3.05) is 33.5 Å². The van der Waals surface area contributed by atoms with Crippen LogP contribution in [0.3, 0.4) is 0 Å². The third-order valence-electron chi connectivity index (χ3n) is 6.10. The molecule has 0 unspecified atom stereocenters. The zero-order valence-electron chi connectivity index (χ0n) is 22.8. The highest BCUT2D eigenvalue weighted by molar-refractivity contribution is 6.38. The molecule has 0 aliphatic carbocycles. The Hall–Kier alpha value is -3.01. The Morgan fingerprint density at radius 3 is 2.12 bits per heavy atom. The molecule has 0 amide bonds. The summed E-state index contributed by atoms with van der Waals surface area (Å²) in [6, 6.07) is 11.8. The van der Waals surface area contributed by atoms with Gasteiger partial charge in [0.2, 0.25) is 5.89 Å². The molecule has 0 fully saturated rings.